The number of benzene rings is 1. The van der Waals surface area contributed by atoms with Crippen LogP contribution in [-0.4, -0.2) is 27.8 Å². The van der Waals surface area contributed by atoms with Crippen molar-refractivity contribution in [2.75, 3.05) is 5.32 Å². The summed E-state index contributed by atoms with van der Waals surface area (Å²) in [5.74, 6) is 1.43. The van der Waals surface area contributed by atoms with Crippen LogP contribution in [0, 0.1) is 5.41 Å². The normalized spacial score (nSPS) is 13.1. The maximum Gasteiger partial charge on any atom is 0.250 e. The number of hydrogen-bond acceptors (Lipinski definition) is 5. The van der Waals surface area contributed by atoms with Crippen LogP contribution in [-0.2, 0) is 11.0 Å². The van der Waals surface area contributed by atoms with Crippen molar-refractivity contribution in [2.45, 2.75) is 84.4 Å². The van der Waals surface area contributed by atoms with Gasteiger partial charge < -0.3 is 19.6 Å². The number of hydrogen-bond donors (Lipinski definition) is 2. The minimum atomic E-state index is -2.06. The van der Waals surface area contributed by atoms with Crippen LogP contribution < -0.4 is 9.74 Å². The fraction of sp³-hybridized carbons (Fsp3) is 0.520. The molecule has 0 bridgehead atoms. The molecule has 0 aliphatic heterocycles. The highest BCUT2D eigenvalue weighted by molar-refractivity contribution is 9.10. The maximum atomic E-state index is 8.08. The maximum absolute atomic E-state index is 8.08. The van der Waals surface area contributed by atoms with Gasteiger partial charge in [-0.3, -0.25) is 0 Å². The van der Waals surface area contributed by atoms with Gasteiger partial charge >= 0.3 is 0 Å². The first-order chi connectivity index (χ1) is 15.0. The van der Waals surface area contributed by atoms with Gasteiger partial charge in [0.05, 0.1) is 23.6 Å². The molecule has 0 aliphatic rings. The van der Waals surface area contributed by atoms with E-state index in [2.05, 4.69) is 89.0 Å². The Bertz CT molecular complexity index is 996. The molecule has 0 saturated heterocycles. The zero-order valence-electron chi connectivity index (χ0n) is 21.8. The minimum absolute atomic E-state index is 0.0578. The van der Waals surface area contributed by atoms with E-state index in [1.165, 1.54) is 6.21 Å². The van der Waals surface area contributed by atoms with E-state index in [0.29, 0.717) is 23.7 Å². The summed E-state index contributed by atoms with van der Waals surface area (Å²) in [5, 5.41) is 11.7. The van der Waals surface area contributed by atoms with Crippen molar-refractivity contribution in [2.24, 2.45) is 0 Å². The Hall–Kier alpha value is -1.49. The molecule has 2 rings (SSSR count). The van der Waals surface area contributed by atoms with E-state index in [0.717, 1.165) is 15.9 Å². The lowest BCUT2D eigenvalue weighted by Crippen LogP contribution is -2.44. The second-order valence-electron chi connectivity index (χ2n) is 11.6. The smallest absolute Gasteiger partial charge is 0.250 e. The molecular formula is C25H40BrN3O2Si2. The summed E-state index contributed by atoms with van der Waals surface area (Å²) in [6.07, 6.45) is 1.35. The van der Waals surface area contributed by atoms with E-state index in [9.17, 15) is 0 Å². The highest BCUT2D eigenvalue weighted by Gasteiger charge is 2.39. The first kappa shape index (κ1) is 27.8. The largest absolute Gasteiger partial charge is 0.543 e. The Labute approximate surface area is 210 Å². The molecule has 1 heterocycles. The van der Waals surface area contributed by atoms with Gasteiger partial charge in [-0.15, -0.1) is 0 Å². The Morgan fingerprint density at radius 3 is 2.15 bits per heavy atom. The summed E-state index contributed by atoms with van der Waals surface area (Å²) >= 11 is 3.61. The highest BCUT2D eigenvalue weighted by atomic mass is 79.9. The van der Waals surface area contributed by atoms with E-state index in [1.807, 2.05) is 30.3 Å². The molecule has 0 atom stereocenters. The molecule has 1 aromatic heterocycles. The quantitative estimate of drug-likeness (QED) is 0.255. The standard InChI is InChI=1S/C25H40BrN3O2Si2/c1-24(2,3)32(7,8)30-17-19-12-11-13-23(28-19)29-21-14-18(26)15-22(20(21)16-27)31-33(9,10)25(4,5)6/h11-16,27H,17H2,1-10H3,(H,28,29). The molecule has 0 spiro atoms. The van der Waals surface area contributed by atoms with Crippen molar-refractivity contribution >= 4 is 50.3 Å². The zero-order chi connectivity index (χ0) is 25.2. The molecule has 0 unspecified atom stereocenters. The summed E-state index contributed by atoms with van der Waals surface area (Å²) < 4.78 is 13.8. The molecule has 2 N–H and O–H groups in total. The van der Waals surface area contributed by atoms with Gasteiger partial charge in [0.2, 0.25) is 0 Å². The molecule has 5 nitrogen and oxygen atoms in total. The van der Waals surface area contributed by atoms with Crippen LogP contribution >= 0.6 is 15.9 Å². The lowest BCUT2D eigenvalue weighted by molar-refractivity contribution is 0.272. The van der Waals surface area contributed by atoms with Gasteiger partial charge in [0, 0.05) is 10.7 Å². The van der Waals surface area contributed by atoms with Crippen LogP contribution in [0.15, 0.2) is 34.8 Å². The van der Waals surface area contributed by atoms with Gasteiger partial charge in [0.15, 0.2) is 8.32 Å². The first-order valence-corrected chi connectivity index (χ1v) is 18.0. The predicted octanol–water partition coefficient (Wildman–Crippen LogP) is 8.49. The minimum Gasteiger partial charge on any atom is -0.543 e. The average molecular weight is 551 g/mol. The number of nitrogens with zero attached hydrogens (tertiary/aromatic N) is 1. The summed E-state index contributed by atoms with van der Waals surface area (Å²) in [7, 11) is -3.92. The van der Waals surface area contributed by atoms with Gasteiger partial charge in [-0.1, -0.05) is 63.5 Å². The predicted molar refractivity (Wildman–Crippen MR) is 149 cm³/mol. The first-order valence-electron chi connectivity index (χ1n) is 11.4. The third-order valence-corrected chi connectivity index (χ3v) is 16.2. The fourth-order valence-corrected chi connectivity index (χ4v) is 5.00. The van der Waals surface area contributed by atoms with Crippen molar-refractivity contribution in [1.82, 2.24) is 4.98 Å². The average Bonchev–Trinajstić information content (AvgIpc) is 2.64. The summed E-state index contributed by atoms with van der Waals surface area (Å²) in [6.45, 7) is 22.7. The van der Waals surface area contributed by atoms with Crippen molar-refractivity contribution in [1.29, 1.82) is 5.41 Å². The van der Waals surface area contributed by atoms with Gasteiger partial charge in [-0.25, -0.2) is 4.98 Å². The molecule has 8 heteroatoms. The van der Waals surface area contributed by atoms with Crippen LogP contribution in [0.25, 0.3) is 0 Å². The molecule has 0 aliphatic carbocycles. The molecular weight excluding hydrogens is 510 g/mol. The van der Waals surface area contributed by atoms with E-state index >= 15 is 0 Å². The second-order valence-corrected chi connectivity index (χ2v) is 22.0. The second kappa shape index (κ2) is 10.0. The highest BCUT2D eigenvalue weighted by Crippen LogP contribution is 2.41. The lowest BCUT2D eigenvalue weighted by Gasteiger charge is -2.37. The number of anilines is 2. The lowest BCUT2D eigenvalue weighted by atomic mass is 10.1. The van der Waals surface area contributed by atoms with Crippen LogP contribution in [0.3, 0.4) is 0 Å². The molecule has 0 radical (unpaired) electrons. The summed E-state index contributed by atoms with van der Waals surface area (Å²) in [4.78, 5) is 4.77. The third-order valence-electron chi connectivity index (χ3n) is 6.88. The molecule has 33 heavy (non-hydrogen) atoms. The van der Waals surface area contributed by atoms with Crippen LogP contribution in [0.5, 0.6) is 5.75 Å². The molecule has 1 aromatic carbocycles. The van der Waals surface area contributed by atoms with E-state index in [4.69, 9.17) is 19.2 Å². The van der Waals surface area contributed by atoms with Crippen LogP contribution in [0.1, 0.15) is 52.8 Å². The number of pyridine rings is 1. The Balaban J connectivity index is 2.32. The molecule has 182 valence electrons. The Morgan fingerprint density at radius 2 is 1.61 bits per heavy atom. The van der Waals surface area contributed by atoms with Gasteiger partial charge in [0.25, 0.3) is 8.32 Å². The molecule has 0 amide bonds. The van der Waals surface area contributed by atoms with Crippen molar-refractivity contribution in [3.8, 4) is 5.75 Å². The number of halogens is 1. The molecule has 0 fully saturated rings. The van der Waals surface area contributed by atoms with Crippen LogP contribution in [0.4, 0.5) is 11.5 Å². The topological polar surface area (TPSA) is 67.2 Å². The van der Waals surface area contributed by atoms with Gasteiger partial charge in [-0.2, -0.15) is 0 Å². The summed E-state index contributed by atoms with van der Waals surface area (Å²) in [5.41, 5.74) is 2.38. The van der Waals surface area contributed by atoms with E-state index in [1.54, 1.807) is 0 Å². The molecule has 0 saturated carbocycles. The SMILES string of the molecule is CC(C)(C)[Si](C)(C)OCc1cccc(Nc2cc(Br)cc(O[Si](C)(C)C(C)(C)C)c2C=N)n1. The zero-order valence-corrected chi connectivity index (χ0v) is 25.4. The molecule has 2 aromatic rings. The van der Waals surface area contributed by atoms with Gasteiger partial charge in [0.1, 0.15) is 11.6 Å². The van der Waals surface area contributed by atoms with Crippen molar-refractivity contribution < 1.29 is 8.85 Å². The monoisotopic (exact) mass is 549 g/mol. The van der Waals surface area contributed by atoms with E-state index < -0.39 is 16.6 Å². The van der Waals surface area contributed by atoms with E-state index in [-0.39, 0.29) is 10.1 Å². The number of aromatic nitrogens is 1. The van der Waals surface area contributed by atoms with Crippen molar-refractivity contribution in [3.05, 3.63) is 46.1 Å². The van der Waals surface area contributed by atoms with Crippen molar-refractivity contribution in [3.63, 3.8) is 0 Å². The van der Waals surface area contributed by atoms with Crippen LogP contribution in [0.2, 0.25) is 36.3 Å². The Morgan fingerprint density at radius 1 is 1.00 bits per heavy atom. The number of rotatable bonds is 8. The third kappa shape index (κ3) is 7.00. The Kier molecular flexibility index (Phi) is 8.42. The fourth-order valence-electron chi connectivity index (χ4n) is 2.60. The van der Waals surface area contributed by atoms with Gasteiger partial charge in [-0.05, 0) is 60.5 Å². The number of nitrogens with one attached hydrogen (secondary N) is 2. The summed E-state index contributed by atoms with van der Waals surface area (Å²) in [6, 6.07) is 9.80.